The van der Waals surface area contributed by atoms with E-state index >= 15 is 0 Å². The first-order chi connectivity index (χ1) is 18.9. The van der Waals surface area contributed by atoms with Crippen LogP contribution in [0.1, 0.15) is 46.3 Å². The predicted molar refractivity (Wildman–Crippen MR) is 155 cm³/mol. The van der Waals surface area contributed by atoms with E-state index in [2.05, 4.69) is 39.8 Å². The van der Waals surface area contributed by atoms with Crippen molar-refractivity contribution < 1.29 is 15.0 Å². The standard InChI is InChI=1S/C32H32N4O3/c1-34-16-13-22-18-23(9-11-27(22)34)30(29-26-19-24(32(38)39)10-12-28(26)35(2)31(29)37)33-25-8-6-7-21(17-25)20-36-14-4-3-5-15-36/h6-13,16-19,37H,3-5,14-15,20H2,1-2H3,(H,38,39). The number of aromatic nitrogens is 2. The number of benzene rings is 3. The summed E-state index contributed by atoms with van der Waals surface area (Å²) in [5, 5.41) is 22.8. The first-order valence-corrected chi connectivity index (χ1v) is 13.4. The molecule has 1 fully saturated rings. The second-order valence-corrected chi connectivity index (χ2v) is 10.5. The Morgan fingerprint density at radius 1 is 0.897 bits per heavy atom. The Kier molecular flexibility index (Phi) is 6.45. The van der Waals surface area contributed by atoms with E-state index in [9.17, 15) is 15.0 Å². The Morgan fingerprint density at radius 2 is 1.67 bits per heavy atom. The second-order valence-electron chi connectivity index (χ2n) is 10.5. The van der Waals surface area contributed by atoms with Crippen molar-refractivity contribution in [1.82, 2.24) is 14.0 Å². The van der Waals surface area contributed by atoms with Gasteiger partial charge in [-0.15, -0.1) is 0 Å². The molecule has 0 saturated carbocycles. The molecule has 3 heterocycles. The summed E-state index contributed by atoms with van der Waals surface area (Å²) in [7, 11) is 3.79. The van der Waals surface area contributed by atoms with Crippen molar-refractivity contribution in [2.45, 2.75) is 25.8 Å². The summed E-state index contributed by atoms with van der Waals surface area (Å²) in [5.74, 6) is -0.968. The SMILES string of the molecule is Cn1ccc2cc(C(=Nc3cccc(CN4CCCCC4)c3)c3c(O)n(C)c4ccc(C(=O)O)cc34)ccc21. The fraction of sp³-hybridized carbons (Fsp3) is 0.250. The van der Waals surface area contributed by atoms with E-state index < -0.39 is 5.97 Å². The molecule has 1 aliphatic heterocycles. The molecule has 0 unspecified atom stereocenters. The molecule has 5 aromatic rings. The van der Waals surface area contributed by atoms with E-state index in [-0.39, 0.29) is 11.4 Å². The Hall–Kier alpha value is -4.36. The highest BCUT2D eigenvalue weighted by atomic mass is 16.4. The van der Waals surface area contributed by atoms with Gasteiger partial charge in [0.25, 0.3) is 0 Å². The molecule has 0 bridgehead atoms. The van der Waals surface area contributed by atoms with E-state index in [4.69, 9.17) is 4.99 Å². The number of nitrogens with zero attached hydrogens (tertiary/aromatic N) is 4. The number of likely N-dealkylation sites (tertiary alicyclic amines) is 1. The smallest absolute Gasteiger partial charge is 0.335 e. The highest BCUT2D eigenvalue weighted by molar-refractivity contribution is 6.23. The van der Waals surface area contributed by atoms with Crippen LogP contribution in [-0.2, 0) is 20.6 Å². The lowest BCUT2D eigenvalue weighted by atomic mass is 9.98. The van der Waals surface area contributed by atoms with Crippen molar-refractivity contribution in [1.29, 1.82) is 0 Å². The van der Waals surface area contributed by atoms with Gasteiger partial charge in [-0.3, -0.25) is 4.90 Å². The number of hydrogen-bond donors (Lipinski definition) is 2. The van der Waals surface area contributed by atoms with E-state index in [1.165, 1.54) is 24.8 Å². The largest absolute Gasteiger partial charge is 0.494 e. The van der Waals surface area contributed by atoms with Gasteiger partial charge in [0.15, 0.2) is 0 Å². The number of rotatable bonds is 6. The Labute approximate surface area is 227 Å². The molecule has 7 nitrogen and oxygen atoms in total. The van der Waals surface area contributed by atoms with Crippen LogP contribution in [-0.4, -0.2) is 49.0 Å². The fourth-order valence-electron chi connectivity index (χ4n) is 5.72. The molecule has 7 heteroatoms. The van der Waals surface area contributed by atoms with Crippen LogP contribution in [0.4, 0.5) is 5.69 Å². The lowest BCUT2D eigenvalue weighted by Crippen LogP contribution is -2.28. The zero-order chi connectivity index (χ0) is 27.1. The molecule has 2 aromatic heterocycles. The lowest BCUT2D eigenvalue weighted by molar-refractivity contribution is 0.0697. The first kappa shape index (κ1) is 24.9. The number of aromatic carboxylic acids is 1. The number of hydrogen-bond acceptors (Lipinski definition) is 4. The third-order valence-electron chi connectivity index (χ3n) is 7.82. The monoisotopic (exact) mass is 520 g/mol. The minimum absolute atomic E-state index is 0.0453. The third-order valence-corrected chi connectivity index (χ3v) is 7.82. The van der Waals surface area contributed by atoms with Crippen molar-refractivity contribution in [2.24, 2.45) is 19.1 Å². The number of piperidine rings is 1. The van der Waals surface area contributed by atoms with E-state index in [1.54, 1.807) is 29.8 Å². The minimum Gasteiger partial charge on any atom is -0.494 e. The summed E-state index contributed by atoms with van der Waals surface area (Å²) in [6.45, 7) is 3.12. The van der Waals surface area contributed by atoms with E-state index in [1.807, 2.05) is 31.4 Å². The minimum atomic E-state index is -1.01. The van der Waals surface area contributed by atoms with Crippen LogP contribution in [0.3, 0.4) is 0 Å². The summed E-state index contributed by atoms with van der Waals surface area (Å²) in [6, 6.07) is 21.4. The Bertz CT molecular complexity index is 1740. The van der Waals surface area contributed by atoms with Crippen molar-refractivity contribution in [3.63, 3.8) is 0 Å². The van der Waals surface area contributed by atoms with Gasteiger partial charge in [-0.1, -0.05) is 24.6 Å². The van der Waals surface area contributed by atoms with Crippen molar-refractivity contribution in [3.8, 4) is 5.88 Å². The summed E-state index contributed by atoms with van der Waals surface area (Å²) in [6.07, 6.45) is 5.79. The molecular weight excluding hydrogens is 488 g/mol. The van der Waals surface area contributed by atoms with Gasteiger partial charge in [0.1, 0.15) is 0 Å². The zero-order valence-electron chi connectivity index (χ0n) is 22.3. The third kappa shape index (κ3) is 4.70. The van der Waals surface area contributed by atoms with Crippen LogP contribution in [0.25, 0.3) is 21.8 Å². The van der Waals surface area contributed by atoms with Crippen molar-refractivity contribution in [2.75, 3.05) is 13.1 Å². The Balaban J connectivity index is 1.53. The van der Waals surface area contributed by atoms with Gasteiger partial charge in [-0.05, 0) is 80.0 Å². The second kappa shape index (κ2) is 10.1. The topological polar surface area (TPSA) is 83.0 Å². The van der Waals surface area contributed by atoms with Crippen LogP contribution in [0.2, 0.25) is 0 Å². The molecule has 39 heavy (non-hydrogen) atoms. The van der Waals surface area contributed by atoms with Gasteiger partial charge < -0.3 is 19.3 Å². The molecule has 0 atom stereocenters. The molecule has 1 saturated heterocycles. The van der Waals surface area contributed by atoms with Crippen molar-refractivity contribution in [3.05, 3.63) is 95.2 Å². The molecule has 3 aromatic carbocycles. The summed E-state index contributed by atoms with van der Waals surface area (Å²) in [5.41, 5.74) is 5.95. The number of aromatic hydroxyl groups is 1. The zero-order valence-corrected chi connectivity index (χ0v) is 22.3. The van der Waals surface area contributed by atoms with Gasteiger partial charge in [0, 0.05) is 48.7 Å². The average molecular weight is 521 g/mol. The first-order valence-electron chi connectivity index (χ1n) is 13.4. The number of aliphatic imine (C=N–C) groups is 1. The fourth-order valence-corrected chi connectivity index (χ4v) is 5.72. The van der Waals surface area contributed by atoms with E-state index in [0.717, 1.165) is 47.3 Å². The summed E-state index contributed by atoms with van der Waals surface area (Å²) in [4.78, 5) is 19.4. The highest BCUT2D eigenvalue weighted by Gasteiger charge is 2.23. The predicted octanol–water partition coefficient (Wildman–Crippen LogP) is 6.23. The van der Waals surface area contributed by atoms with Crippen LogP contribution in [0.5, 0.6) is 5.88 Å². The Morgan fingerprint density at radius 3 is 2.46 bits per heavy atom. The molecule has 0 amide bonds. The normalized spacial score (nSPS) is 14.9. The highest BCUT2D eigenvalue weighted by Crippen LogP contribution is 2.35. The van der Waals surface area contributed by atoms with Gasteiger partial charge in [-0.2, -0.15) is 0 Å². The number of fused-ring (bicyclic) bond motifs is 2. The molecule has 6 rings (SSSR count). The molecule has 2 N–H and O–H groups in total. The number of carboxylic acids is 1. The lowest BCUT2D eigenvalue weighted by Gasteiger charge is -2.26. The quantitative estimate of drug-likeness (QED) is 0.260. The van der Waals surface area contributed by atoms with Crippen LogP contribution < -0.4 is 0 Å². The maximum Gasteiger partial charge on any atom is 0.335 e. The maximum absolute atomic E-state index is 11.8. The summed E-state index contributed by atoms with van der Waals surface area (Å²) < 4.78 is 3.74. The average Bonchev–Trinajstić information content (AvgIpc) is 3.43. The molecule has 0 radical (unpaired) electrons. The van der Waals surface area contributed by atoms with Gasteiger partial charge >= 0.3 is 5.97 Å². The van der Waals surface area contributed by atoms with Gasteiger partial charge in [0.05, 0.1) is 28.0 Å². The maximum atomic E-state index is 11.8. The van der Waals surface area contributed by atoms with Crippen LogP contribution >= 0.6 is 0 Å². The number of carboxylic acid groups (broad SMARTS) is 1. The van der Waals surface area contributed by atoms with Gasteiger partial charge in [0.2, 0.25) is 5.88 Å². The van der Waals surface area contributed by atoms with Gasteiger partial charge in [-0.25, -0.2) is 9.79 Å². The van der Waals surface area contributed by atoms with E-state index in [0.29, 0.717) is 16.7 Å². The van der Waals surface area contributed by atoms with Crippen LogP contribution in [0.15, 0.2) is 77.9 Å². The van der Waals surface area contributed by atoms with Crippen LogP contribution in [0, 0.1) is 0 Å². The number of carbonyl (C=O) groups is 1. The van der Waals surface area contributed by atoms with Crippen molar-refractivity contribution >= 4 is 39.2 Å². The molecule has 1 aliphatic rings. The molecule has 0 spiro atoms. The molecule has 198 valence electrons. The molecule has 0 aliphatic carbocycles. The summed E-state index contributed by atoms with van der Waals surface area (Å²) >= 11 is 0. The molecular formula is C32H32N4O3. The number of aryl methyl sites for hydroxylation is 2.